The number of fused-ring (bicyclic) bond motifs is 1. The van der Waals surface area contributed by atoms with Gasteiger partial charge in [0, 0.05) is 32.2 Å². The van der Waals surface area contributed by atoms with Crippen LogP contribution in [0.1, 0.15) is 64.4 Å². The highest BCUT2D eigenvalue weighted by Crippen LogP contribution is 2.49. The van der Waals surface area contributed by atoms with Crippen molar-refractivity contribution in [3.05, 3.63) is 52.3 Å². The Bertz CT molecular complexity index is 1560. The van der Waals surface area contributed by atoms with Crippen molar-refractivity contribution in [1.82, 2.24) is 24.9 Å². The van der Waals surface area contributed by atoms with Gasteiger partial charge in [0.05, 0.1) is 46.9 Å². The van der Waals surface area contributed by atoms with Crippen LogP contribution in [-0.4, -0.2) is 99.4 Å². The molecule has 0 unspecified atom stereocenters. The fourth-order valence-corrected chi connectivity index (χ4v) is 7.91. The average molecular weight is 599 g/mol. The van der Waals surface area contributed by atoms with Crippen molar-refractivity contribution in [1.29, 1.82) is 5.26 Å². The maximum Gasteiger partial charge on any atom is 0.407 e. The van der Waals surface area contributed by atoms with Crippen LogP contribution in [0.2, 0.25) is 0 Å². The fraction of sp³-hybridized carbons (Fsp3) is 0.536. The summed E-state index contributed by atoms with van der Waals surface area (Å²) in [6.45, 7) is 4.09. The number of benzene rings is 1. The number of nitriles is 1. The minimum absolute atomic E-state index is 0.0403. The number of aryl methyl sites for hydroxylation is 1. The lowest BCUT2D eigenvalue weighted by Gasteiger charge is -2.39. The van der Waals surface area contributed by atoms with E-state index >= 15 is 0 Å². The van der Waals surface area contributed by atoms with Crippen LogP contribution in [0.25, 0.3) is 0 Å². The van der Waals surface area contributed by atoms with Crippen LogP contribution in [0.15, 0.2) is 24.3 Å². The lowest BCUT2D eigenvalue weighted by molar-refractivity contribution is -0.0497. The second kappa shape index (κ2) is 10.7. The minimum atomic E-state index is -3.75. The molecular weight excluding hydrogens is 564 g/mol. The smallest absolute Gasteiger partial charge is 0.407 e. The zero-order valence-corrected chi connectivity index (χ0v) is 24.6. The summed E-state index contributed by atoms with van der Waals surface area (Å²) in [5, 5.41) is 25.1. The van der Waals surface area contributed by atoms with Gasteiger partial charge in [-0.05, 0) is 50.8 Å². The maximum atomic E-state index is 13.8. The second-order valence-electron chi connectivity index (χ2n) is 11.8. The third kappa shape index (κ3) is 5.22. The molecule has 0 bridgehead atoms. The molecule has 2 fully saturated rings. The number of aromatic nitrogens is 2. The van der Waals surface area contributed by atoms with Gasteiger partial charge >= 0.3 is 6.09 Å². The summed E-state index contributed by atoms with van der Waals surface area (Å²) in [5.41, 5.74) is 2.31. The number of hydrogen-bond acceptors (Lipinski definition) is 8. The summed E-state index contributed by atoms with van der Waals surface area (Å²) < 4.78 is 32.5. The van der Waals surface area contributed by atoms with Gasteiger partial charge in [0.1, 0.15) is 5.69 Å². The SMILES string of the molecule is Cn1nc(C(=O)NCc2ccc(C#N)cc2)c2c1C(=O)N(CC1(S(=O)(=O)C(C)(C)COC3CN(C(=O)O)C3)CC1)CC2. The standard InChI is InChI=1S/C28H34N6O7S/c1-27(2,17-41-20-14-34(15-20)26(37)38)42(39,40)28(9-10-28)16-33-11-8-21-22(31-32(3)23(21)25(33)36)24(35)30-13-19-6-4-18(12-29)5-7-19/h4-7,20H,8-11,13-17H2,1-3H3,(H,30,35)(H,37,38). The van der Waals surface area contributed by atoms with Gasteiger partial charge in [-0.15, -0.1) is 0 Å². The molecule has 1 aliphatic carbocycles. The molecule has 2 N–H and O–H groups in total. The van der Waals surface area contributed by atoms with Crippen LogP contribution in [0, 0.1) is 11.3 Å². The summed E-state index contributed by atoms with van der Waals surface area (Å²) in [4.78, 5) is 40.3. The number of amides is 3. The van der Waals surface area contributed by atoms with Gasteiger partial charge in [-0.1, -0.05) is 12.1 Å². The van der Waals surface area contributed by atoms with Gasteiger partial charge in [0.25, 0.3) is 11.8 Å². The van der Waals surface area contributed by atoms with Crippen molar-refractivity contribution < 1.29 is 32.6 Å². The zero-order valence-electron chi connectivity index (χ0n) is 23.8. The van der Waals surface area contributed by atoms with Crippen molar-refractivity contribution in [2.75, 3.05) is 32.8 Å². The Morgan fingerprint density at radius 2 is 1.90 bits per heavy atom. The summed E-state index contributed by atoms with van der Waals surface area (Å²) in [6.07, 6.45) is -0.149. The quantitative estimate of drug-likeness (QED) is 0.409. The number of carbonyl (C=O) groups is 3. The van der Waals surface area contributed by atoms with E-state index in [1.165, 1.54) is 9.58 Å². The van der Waals surface area contributed by atoms with E-state index in [1.54, 1.807) is 50.1 Å². The van der Waals surface area contributed by atoms with Gasteiger partial charge < -0.3 is 25.0 Å². The minimum Gasteiger partial charge on any atom is -0.465 e. The molecule has 5 rings (SSSR count). The maximum absolute atomic E-state index is 13.8. The van der Waals surface area contributed by atoms with Gasteiger partial charge in [0.15, 0.2) is 15.5 Å². The molecule has 224 valence electrons. The van der Waals surface area contributed by atoms with E-state index in [0.29, 0.717) is 30.4 Å². The van der Waals surface area contributed by atoms with Crippen molar-refractivity contribution in [2.24, 2.45) is 7.05 Å². The van der Waals surface area contributed by atoms with Crippen LogP contribution >= 0.6 is 0 Å². The number of ether oxygens (including phenoxy) is 1. The molecule has 1 saturated carbocycles. The number of rotatable bonds is 10. The van der Waals surface area contributed by atoms with Gasteiger partial charge in [-0.25, -0.2) is 13.2 Å². The molecule has 3 aliphatic rings. The molecular formula is C28H34N6O7S. The first-order chi connectivity index (χ1) is 19.8. The molecule has 0 spiro atoms. The first-order valence-electron chi connectivity index (χ1n) is 13.7. The van der Waals surface area contributed by atoms with Crippen LogP contribution < -0.4 is 5.32 Å². The summed E-state index contributed by atoms with van der Waals surface area (Å²) >= 11 is 0. The molecule has 1 saturated heterocycles. The van der Waals surface area contributed by atoms with E-state index in [9.17, 15) is 22.8 Å². The highest BCUT2D eigenvalue weighted by Gasteiger charge is 2.61. The van der Waals surface area contributed by atoms with Crippen molar-refractivity contribution in [3.63, 3.8) is 0 Å². The molecule has 42 heavy (non-hydrogen) atoms. The number of nitrogens with one attached hydrogen (secondary N) is 1. The van der Waals surface area contributed by atoms with Crippen LogP contribution in [-0.2, 0) is 34.6 Å². The highest BCUT2D eigenvalue weighted by atomic mass is 32.2. The predicted octanol–water partition coefficient (Wildman–Crippen LogP) is 1.32. The van der Waals surface area contributed by atoms with E-state index in [0.717, 1.165) is 5.56 Å². The van der Waals surface area contributed by atoms with Crippen LogP contribution in [0.4, 0.5) is 4.79 Å². The Kier molecular flexibility index (Phi) is 7.53. The predicted molar refractivity (Wildman–Crippen MR) is 149 cm³/mol. The first-order valence-corrected chi connectivity index (χ1v) is 15.2. The van der Waals surface area contributed by atoms with E-state index in [-0.39, 0.29) is 62.7 Å². The number of carboxylic acid groups (broad SMARTS) is 1. The summed E-state index contributed by atoms with van der Waals surface area (Å²) in [5.74, 6) is -0.783. The molecule has 14 heteroatoms. The number of nitrogens with zero attached hydrogens (tertiary/aromatic N) is 5. The van der Waals surface area contributed by atoms with Gasteiger partial charge in [-0.2, -0.15) is 10.4 Å². The Hall–Kier alpha value is -3.96. The molecule has 3 amide bonds. The topological polar surface area (TPSA) is 175 Å². The fourth-order valence-electron chi connectivity index (χ4n) is 5.55. The van der Waals surface area contributed by atoms with Crippen LogP contribution in [0.5, 0.6) is 0 Å². The lowest BCUT2D eigenvalue weighted by Crippen LogP contribution is -2.56. The molecule has 0 atom stereocenters. The third-order valence-electron chi connectivity index (χ3n) is 8.39. The highest BCUT2D eigenvalue weighted by molar-refractivity contribution is 7.94. The van der Waals surface area contributed by atoms with Crippen molar-refractivity contribution in [2.45, 2.75) is 55.3 Å². The molecule has 0 radical (unpaired) electrons. The summed E-state index contributed by atoms with van der Waals surface area (Å²) in [6, 6.07) is 8.89. The molecule has 2 aliphatic heterocycles. The molecule has 3 heterocycles. The monoisotopic (exact) mass is 598 g/mol. The average Bonchev–Trinajstić information content (AvgIpc) is 3.64. The van der Waals surface area contributed by atoms with E-state index in [1.807, 2.05) is 6.07 Å². The van der Waals surface area contributed by atoms with E-state index in [2.05, 4.69) is 10.4 Å². The van der Waals surface area contributed by atoms with Crippen molar-refractivity contribution in [3.8, 4) is 6.07 Å². The molecule has 1 aromatic carbocycles. The molecule has 2 aromatic rings. The lowest BCUT2D eigenvalue weighted by atomic mass is 10.0. The number of carbonyl (C=O) groups excluding carboxylic acids is 2. The Morgan fingerprint density at radius 3 is 2.50 bits per heavy atom. The van der Waals surface area contributed by atoms with E-state index in [4.69, 9.17) is 15.1 Å². The second-order valence-corrected chi connectivity index (χ2v) is 14.8. The zero-order chi connectivity index (χ0) is 30.4. The number of sulfone groups is 1. The largest absolute Gasteiger partial charge is 0.465 e. The first kappa shape index (κ1) is 29.5. The van der Waals surface area contributed by atoms with Crippen LogP contribution in [0.3, 0.4) is 0 Å². The summed E-state index contributed by atoms with van der Waals surface area (Å²) in [7, 11) is -2.16. The van der Waals surface area contributed by atoms with Crippen molar-refractivity contribution >= 4 is 27.7 Å². The Balaban J connectivity index is 1.23. The van der Waals surface area contributed by atoms with Gasteiger partial charge in [-0.3, -0.25) is 14.3 Å². The number of hydrogen-bond donors (Lipinski definition) is 2. The van der Waals surface area contributed by atoms with Gasteiger partial charge in [0.2, 0.25) is 0 Å². The Labute approximate surface area is 243 Å². The molecule has 13 nitrogen and oxygen atoms in total. The molecule has 1 aromatic heterocycles. The third-order valence-corrected chi connectivity index (χ3v) is 11.6. The number of likely N-dealkylation sites (tertiary alicyclic amines) is 1. The normalized spacial score (nSPS) is 18.2. The van der Waals surface area contributed by atoms with E-state index < -0.39 is 31.3 Å². The Morgan fingerprint density at radius 1 is 1.24 bits per heavy atom.